The van der Waals surface area contributed by atoms with Crippen molar-refractivity contribution in [2.45, 2.75) is 6.42 Å². The first kappa shape index (κ1) is 18.1. The van der Waals surface area contributed by atoms with E-state index in [4.69, 9.17) is 0 Å². The van der Waals surface area contributed by atoms with Crippen LogP contribution >= 0.6 is 0 Å². The van der Waals surface area contributed by atoms with Gasteiger partial charge in [-0.2, -0.15) is 0 Å². The summed E-state index contributed by atoms with van der Waals surface area (Å²) in [7, 11) is 2.45. The van der Waals surface area contributed by atoms with Crippen LogP contribution in [0.1, 0.15) is 26.3 Å². The van der Waals surface area contributed by atoms with E-state index in [2.05, 4.69) is 14.8 Å². The van der Waals surface area contributed by atoms with Crippen LogP contribution in [0, 0.1) is 5.82 Å². The third kappa shape index (κ3) is 4.63. The molecule has 0 saturated carbocycles. The second-order valence-electron chi connectivity index (χ2n) is 5.09. The quantitative estimate of drug-likeness (QED) is 0.843. The molecule has 2 rings (SSSR count). The van der Waals surface area contributed by atoms with Crippen molar-refractivity contribution in [1.82, 2.24) is 0 Å². The molecule has 0 radical (unpaired) electrons. The van der Waals surface area contributed by atoms with Crippen LogP contribution in [0.5, 0.6) is 0 Å². The Morgan fingerprint density at radius 2 is 1.60 bits per heavy atom. The topological polar surface area (TPSA) is 81.7 Å². The minimum Gasteiger partial charge on any atom is -0.465 e. The molecule has 2 aromatic rings. The highest BCUT2D eigenvalue weighted by molar-refractivity contribution is 5.98. The molecule has 0 unspecified atom stereocenters. The lowest BCUT2D eigenvalue weighted by Gasteiger charge is -2.10. The molecular formula is C18H16FNO5. The van der Waals surface area contributed by atoms with Gasteiger partial charge in [-0.25, -0.2) is 14.0 Å². The van der Waals surface area contributed by atoms with Crippen molar-refractivity contribution < 1.29 is 28.2 Å². The number of ether oxygens (including phenoxy) is 2. The van der Waals surface area contributed by atoms with Crippen LogP contribution in [0.2, 0.25) is 0 Å². The Balaban J connectivity index is 2.25. The van der Waals surface area contributed by atoms with Crippen LogP contribution in [0.25, 0.3) is 0 Å². The molecule has 6 nitrogen and oxygen atoms in total. The molecule has 0 atom stereocenters. The molecule has 1 amide bonds. The summed E-state index contributed by atoms with van der Waals surface area (Å²) in [5.74, 6) is -2.06. The van der Waals surface area contributed by atoms with Gasteiger partial charge in [-0.1, -0.05) is 0 Å². The average Bonchev–Trinajstić information content (AvgIpc) is 2.62. The number of amides is 1. The summed E-state index contributed by atoms with van der Waals surface area (Å²) in [6, 6.07) is 9.49. The van der Waals surface area contributed by atoms with Gasteiger partial charge in [-0.3, -0.25) is 4.79 Å². The zero-order valence-electron chi connectivity index (χ0n) is 13.7. The molecule has 130 valence electrons. The van der Waals surface area contributed by atoms with Gasteiger partial charge in [0.25, 0.3) is 0 Å². The minimum absolute atomic E-state index is 0.171. The lowest BCUT2D eigenvalue weighted by molar-refractivity contribution is -0.115. The fraction of sp³-hybridized carbons (Fsp3) is 0.167. The summed E-state index contributed by atoms with van der Waals surface area (Å²) in [4.78, 5) is 35.7. The molecule has 0 bridgehead atoms. The smallest absolute Gasteiger partial charge is 0.338 e. The van der Waals surface area contributed by atoms with Crippen molar-refractivity contribution in [3.63, 3.8) is 0 Å². The minimum atomic E-state index is -0.624. The van der Waals surface area contributed by atoms with E-state index in [1.165, 1.54) is 56.7 Å². The SMILES string of the molecule is COC(=O)c1ccc(C(=O)OC)c(CC(=O)Nc2ccc(F)cc2)c1. The van der Waals surface area contributed by atoms with E-state index < -0.39 is 23.7 Å². The maximum Gasteiger partial charge on any atom is 0.338 e. The van der Waals surface area contributed by atoms with Crippen molar-refractivity contribution in [2.75, 3.05) is 19.5 Å². The zero-order valence-corrected chi connectivity index (χ0v) is 13.7. The summed E-state index contributed by atoms with van der Waals surface area (Å²) < 4.78 is 22.2. The molecule has 1 N–H and O–H groups in total. The third-order valence-corrected chi connectivity index (χ3v) is 3.41. The van der Waals surface area contributed by atoms with Gasteiger partial charge in [0.05, 0.1) is 31.8 Å². The van der Waals surface area contributed by atoms with E-state index in [0.717, 1.165) is 0 Å². The highest BCUT2D eigenvalue weighted by Gasteiger charge is 2.17. The number of halogens is 1. The summed E-state index contributed by atoms with van der Waals surface area (Å²) in [6.07, 6.45) is -0.174. The van der Waals surface area contributed by atoms with Crippen LogP contribution in [0.4, 0.5) is 10.1 Å². The highest BCUT2D eigenvalue weighted by atomic mass is 19.1. The number of anilines is 1. The number of esters is 2. The summed E-state index contributed by atoms with van der Waals surface area (Å²) in [5.41, 5.74) is 1.11. The third-order valence-electron chi connectivity index (χ3n) is 3.41. The number of carbonyl (C=O) groups is 3. The van der Waals surface area contributed by atoms with Gasteiger partial charge in [0, 0.05) is 5.69 Å². The van der Waals surface area contributed by atoms with Crippen LogP contribution in [0.15, 0.2) is 42.5 Å². The van der Waals surface area contributed by atoms with E-state index in [0.29, 0.717) is 11.3 Å². The van der Waals surface area contributed by atoms with Crippen molar-refractivity contribution in [3.8, 4) is 0 Å². The normalized spacial score (nSPS) is 10.0. The summed E-state index contributed by atoms with van der Waals surface area (Å²) in [6.45, 7) is 0. The molecule has 25 heavy (non-hydrogen) atoms. The predicted molar refractivity (Wildman–Crippen MR) is 87.9 cm³/mol. The molecule has 0 saturated heterocycles. The first-order valence-corrected chi connectivity index (χ1v) is 7.29. The standard InChI is InChI=1S/C18H16FNO5/c1-24-17(22)11-3-8-15(18(23)25-2)12(9-11)10-16(21)20-14-6-4-13(19)5-7-14/h3-9H,10H2,1-2H3,(H,20,21). The Hall–Kier alpha value is -3.22. The number of methoxy groups -OCH3 is 2. The van der Waals surface area contributed by atoms with Gasteiger partial charge < -0.3 is 14.8 Å². The molecule has 0 aliphatic rings. The van der Waals surface area contributed by atoms with Gasteiger partial charge in [-0.15, -0.1) is 0 Å². The van der Waals surface area contributed by atoms with Crippen molar-refractivity contribution in [2.24, 2.45) is 0 Å². The van der Waals surface area contributed by atoms with Crippen LogP contribution in [-0.2, 0) is 20.7 Å². The fourth-order valence-electron chi connectivity index (χ4n) is 2.21. The number of rotatable bonds is 5. The molecule has 0 spiro atoms. The molecular weight excluding hydrogens is 329 g/mol. The number of nitrogens with one attached hydrogen (secondary N) is 1. The highest BCUT2D eigenvalue weighted by Crippen LogP contribution is 2.16. The lowest BCUT2D eigenvalue weighted by atomic mass is 10.0. The van der Waals surface area contributed by atoms with Crippen molar-refractivity contribution in [1.29, 1.82) is 0 Å². The Bertz CT molecular complexity index is 802. The second kappa shape index (κ2) is 8.05. The van der Waals surface area contributed by atoms with Crippen LogP contribution in [-0.4, -0.2) is 32.1 Å². The van der Waals surface area contributed by atoms with E-state index >= 15 is 0 Å². The monoisotopic (exact) mass is 345 g/mol. The first-order valence-electron chi connectivity index (χ1n) is 7.29. The molecule has 0 aliphatic heterocycles. The van der Waals surface area contributed by atoms with Crippen LogP contribution < -0.4 is 5.32 Å². The van der Waals surface area contributed by atoms with Gasteiger partial charge in [0.15, 0.2) is 0 Å². The second-order valence-corrected chi connectivity index (χ2v) is 5.09. The van der Waals surface area contributed by atoms with E-state index in [-0.39, 0.29) is 17.5 Å². The van der Waals surface area contributed by atoms with Crippen LogP contribution in [0.3, 0.4) is 0 Å². The largest absolute Gasteiger partial charge is 0.465 e. The molecule has 0 heterocycles. The molecule has 2 aromatic carbocycles. The van der Waals surface area contributed by atoms with Gasteiger partial charge in [0.1, 0.15) is 5.82 Å². The first-order chi connectivity index (χ1) is 11.9. The van der Waals surface area contributed by atoms with Crippen molar-refractivity contribution >= 4 is 23.5 Å². The van der Waals surface area contributed by atoms with E-state index in [1.807, 2.05) is 0 Å². The molecule has 7 heteroatoms. The average molecular weight is 345 g/mol. The number of hydrogen-bond acceptors (Lipinski definition) is 5. The molecule has 0 fully saturated rings. The number of benzene rings is 2. The number of hydrogen-bond donors (Lipinski definition) is 1. The maximum atomic E-state index is 12.9. The van der Waals surface area contributed by atoms with Crippen molar-refractivity contribution in [3.05, 3.63) is 65.0 Å². The Labute approximate surface area is 143 Å². The summed E-state index contributed by atoms with van der Waals surface area (Å²) >= 11 is 0. The Morgan fingerprint density at radius 3 is 2.20 bits per heavy atom. The van der Waals surface area contributed by atoms with Gasteiger partial charge >= 0.3 is 11.9 Å². The number of carbonyl (C=O) groups excluding carboxylic acids is 3. The maximum absolute atomic E-state index is 12.9. The van der Waals surface area contributed by atoms with Gasteiger partial charge in [-0.05, 0) is 48.0 Å². The molecule has 0 aliphatic carbocycles. The zero-order chi connectivity index (χ0) is 18.4. The predicted octanol–water partition coefficient (Wildman–Crippen LogP) is 2.58. The summed E-state index contributed by atoms with van der Waals surface area (Å²) in [5, 5.41) is 2.59. The fourth-order valence-corrected chi connectivity index (χ4v) is 2.21. The lowest BCUT2D eigenvalue weighted by Crippen LogP contribution is -2.18. The Morgan fingerprint density at radius 1 is 0.960 bits per heavy atom. The Kier molecular flexibility index (Phi) is 5.84. The van der Waals surface area contributed by atoms with E-state index in [1.54, 1.807) is 0 Å². The molecule has 0 aromatic heterocycles. The van der Waals surface area contributed by atoms with E-state index in [9.17, 15) is 18.8 Å². The van der Waals surface area contributed by atoms with Gasteiger partial charge in [0.2, 0.25) is 5.91 Å².